The average Bonchev–Trinajstić information content (AvgIpc) is 2.77. The van der Waals surface area contributed by atoms with Gasteiger partial charge in [0.15, 0.2) is 0 Å². The predicted molar refractivity (Wildman–Crippen MR) is 128 cm³/mol. The van der Waals surface area contributed by atoms with E-state index in [1.165, 1.54) is 86.5 Å². The predicted octanol–water partition coefficient (Wildman–Crippen LogP) is 7.90. The van der Waals surface area contributed by atoms with Crippen LogP contribution in [0, 0.1) is 0 Å². The molecular weight excluding hydrogens is 352 g/mol. The van der Waals surface area contributed by atoms with Crippen LogP contribution in [0.15, 0.2) is 61.7 Å². The van der Waals surface area contributed by atoms with Crippen LogP contribution in [0.4, 0.5) is 0 Å². The van der Waals surface area contributed by atoms with E-state index in [1.54, 1.807) is 0 Å². The van der Waals surface area contributed by atoms with Crippen molar-refractivity contribution in [2.75, 3.05) is 13.2 Å². The van der Waals surface area contributed by atoms with Crippen molar-refractivity contribution < 1.29 is 4.74 Å². The summed E-state index contributed by atoms with van der Waals surface area (Å²) in [5.41, 5.74) is 5.26. The molecule has 0 radical (unpaired) electrons. The molecule has 0 N–H and O–H groups in total. The Labute approximate surface area is 178 Å². The largest absolute Gasteiger partial charge is 0.381 e. The van der Waals surface area contributed by atoms with Crippen LogP contribution in [0.25, 0.3) is 12.2 Å². The first kappa shape index (κ1) is 23.2. The zero-order chi connectivity index (χ0) is 20.6. The van der Waals surface area contributed by atoms with E-state index in [4.69, 9.17) is 4.74 Å². The minimum atomic E-state index is 0.920. The number of rotatable bonds is 16. The summed E-state index contributed by atoms with van der Waals surface area (Å²) in [6, 6.07) is 17.5. The first-order valence-corrected chi connectivity index (χ1v) is 11.3. The average molecular weight is 391 g/mol. The molecule has 0 aliphatic carbocycles. The molecule has 156 valence electrons. The maximum atomic E-state index is 5.80. The second-order valence-electron chi connectivity index (χ2n) is 7.83. The zero-order valence-electron chi connectivity index (χ0n) is 18.1. The van der Waals surface area contributed by atoms with Gasteiger partial charge >= 0.3 is 0 Å². The first-order valence-electron chi connectivity index (χ1n) is 11.3. The molecule has 29 heavy (non-hydrogen) atoms. The molecule has 0 bridgehead atoms. The SMILES string of the molecule is C=Cc1ccc(CCCCCCOCCCCCCc2ccc(C=C)cc2)cc1. The third kappa shape index (κ3) is 10.3. The third-order valence-electron chi connectivity index (χ3n) is 5.44. The van der Waals surface area contributed by atoms with Gasteiger partial charge in [-0.05, 0) is 60.8 Å². The second-order valence-corrected chi connectivity index (χ2v) is 7.83. The smallest absolute Gasteiger partial charge is 0.0466 e. The summed E-state index contributed by atoms with van der Waals surface area (Å²) in [5, 5.41) is 0. The summed E-state index contributed by atoms with van der Waals surface area (Å²) in [6.45, 7) is 9.44. The Morgan fingerprint density at radius 2 is 0.897 bits per heavy atom. The molecule has 1 heteroatoms. The van der Waals surface area contributed by atoms with Crippen LogP contribution >= 0.6 is 0 Å². The number of unbranched alkanes of at least 4 members (excludes halogenated alkanes) is 6. The summed E-state index contributed by atoms with van der Waals surface area (Å²) in [4.78, 5) is 0. The zero-order valence-corrected chi connectivity index (χ0v) is 18.1. The monoisotopic (exact) mass is 390 g/mol. The lowest BCUT2D eigenvalue weighted by Gasteiger charge is -2.06. The fourth-order valence-corrected chi connectivity index (χ4v) is 3.52. The lowest BCUT2D eigenvalue weighted by Crippen LogP contribution is -1.97. The molecular formula is C28H38O. The van der Waals surface area contributed by atoms with Crippen LogP contribution < -0.4 is 0 Å². The van der Waals surface area contributed by atoms with Gasteiger partial charge in [0.05, 0.1) is 0 Å². The summed E-state index contributed by atoms with van der Waals surface area (Å²) in [6.07, 6.45) is 16.2. The first-order chi connectivity index (χ1) is 14.3. The van der Waals surface area contributed by atoms with E-state index in [2.05, 4.69) is 61.7 Å². The van der Waals surface area contributed by atoms with Crippen LogP contribution in [0.3, 0.4) is 0 Å². The molecule has 0 aliphatic rings. The summed E-state index contributed by atoms with van der Waals surface area (Å²) in [7, 11) is 0. The highest BCUT2D eigenvalue weighted by Crippen LogP contribution is 2.12. The van der Waals surface area contributed by atoms with Crippen molar-refractivity contribution in [2.24, 2.45) is 0 Å². The van der Waals surface area contributed by atoms with E-state index in [0.717, 1.165) is 13.2 Å². The minimum Gasteiger partial charge on any atom is -0.381 e. The Balaban J connectivity index is 1.35. The Morgan fingerprint density at radius 1 is 0.517 bits per heavy atom. The van der Waals surface area contributed by atoms with E-state index in [9.17, 15) is 0 Å². The molecule has 0 aliphatic heterocycles. The standard InChI is InChI=1S/C28H38O/c1-3-25-15-19-27(20-16-25)13-9-5-7-11-23-29-24-12-8-6-10-14-28-21-17-26(4-2)18-22-28/h3-4,15-22H,1-2,5-14,23-24H2. The quantitative estimate of drug-likeness (QED) is 0.265. The Morgan fingerprint density at radius 3 is 1.28 bits per heavy atom. The molecule has 2 aromatic rings. The highest BCUT2D eigenvalue weighted by Gasteiger charge is 1.97. The molecule has 0 aromatic heterocycles. The van der Waals surface area contributed by atoms with Crippen molar-refractivity contribution in [3.05, 3.63) is 83.9 Å². The molecule has 2 aromatic carbocycles. The van der Waals surface area contributed by atoms with Gasteiger partial charge in [0.1, 0.15) is 0 Å². The highest BCUT2D eigenvalue weighted by molar-refractivity contribution is 5.47. The molecule has 0 unspecified atom stereocenters. The number of hydrogen-bond donors (Lipinski definition) is 0. The lowest BCUT2D eigenvalue weighted by atomic mass is 10.0. The summed E-state index contributed by atoms with van der Waals surface area (Å²) < 4.78 is 5.80. The van der Waals surface area contributed by atoms with Gasteiger partial charge in [-0.15, -0.1) is 0 Å². The van der Waals surface area contributed by atoms with E-state index in [1.807, 2.05) is 12.2 Å². The molecule has 0 heterocycles. The van der Waals surface area contributed by atoms with Crippen molar-refractivity contribution in [3.63, 3.8) is 0 Å². The van der Waals surface area contributed by atoms with Crippen molar-refractivity contribution in [1.29, 1.82) is 0 Å². The van der Waals surface area contributed by atoms with E-state index in [-0.39, 0.29) is 0 Å². The van der Waals surface area contributed by atoms with Crippen molar-refractivity contribution in [2.45, 2.75) is 64.2 Å². The van der Waals surface area contributed by atoms with E-state index >= 15 is 0 Å². The van der Waals surface area contributed by atoms with Crippen LogP contribution in [-0.2, 0) is 17.6 Å². The normalized spacial score (nSPS) is 10.8. The van der Waals surface area contributed by atoms with Crippen LogP contribution in [-0.4, -0.2) is 13.2 Å². The van der Waals surface area contributed by atoms with Gasteiger partial charge < -0.3 is 4.74 Å². The number of ether oxygens (including phenoxy) is 1. The molecule has 0 amide bonds. The Bertz CT molecular complexity index is 620. The maximum absolute atomic E-state index is 5.80. The summed E-state index contributed by atoms with van der Waals surface area (Å²) >= 11 is 0. The third-order valence-corrected chi connectivity index (χ3v) is 5.44. The maximum Gasteiger partial charge on any atom is 0.0466 e. The van der Waals surface area contributed by atoms with Gasteiger partial charge in [0.2, 0.25) is 0 Å². The van der Waals surface area contributed by atoms with Gasteiger partial charge in [0, 0.05) is 13.2 Å². The van der Waals surface area contributed by atoms with Crippen LogP contribution in [0.5, 0.6) is 0 Å². The van der Waals surface area contributed by atoms with E-state index in [0.29, 0.717) is 0 Å². The molecule has 0 saturated heterocycles. The lowest BCUT2D eigenvalue weighted by molar-refractivity contribution is 0.125. The second kappa shape index (κ2) is 14.8. The topological polar surface area (TPSA) is 9.23 Å². The van der Waals surface area contributed by atoms with Gasteiger partial charge in [0.25, 0.3) is 0 Å². The minimum absolute atomic E-state index is 0.920. The van der Waals surface area contributed by atoms with Gasteiger partial charge in [-0.3, -0.25) is 0 Å². The highest BCUT2D eigenvalue weighted by atomic mass is 16.5. The van der Waals surface area contributed by atoms with Crippen LogP contribution in [0.2, 0.25) is 0 Å². The Kier molecular flexibility index (Phi) is 11.8. The van der Waals surface area contributed by atoms with E-state index < -0.39 is 0 Å². The number of aryl methyl sites for hydroxylation is 2. The molecule has 0 atom stereocenters. The molecule has 0 fully saturated rings. The molecule has 2 rings (SSSR count). The van der Waals surface area contributed by atoms with Crippen molar-refractivity contribution in [1.82, 2.24) is 0 Å². The fourth-order valence-electron chi connectivity index (χ4n) is 3.52. The number of benzene rings is 2. The molecule has 0 saturated carbocycles. The van der Waals surface area contributed by atoms with Gasteiger partial charge in [-0.25, -0.2) is 0 Å². The Hall–Kier alpha value is -2.12. The van der Waals surface area contributed by atoms with Gasteiger partial charge in [-0.2, -0.15) is 0 Å². The van der Waals surface area contributed by atoms with Crippen molar-refractivity contribution >= 4 is 12.2 Å². The van der Waals surface area contributed by atoms with Gasteiger partial charge in [-0.1, -0.05) is 99.5 Å². The number of hydrogen-bond acceptors (Lipinski definition) is 1. The van der Waals surface area contributed by atoms with Crippen LogP contribution in [0.1, 0.15) is 73.6 Å². The molecule has 0 spiro atoms. The molecule has 1 nitrogen and oxygen atoms in total. The fraction of sp³-hybridized carbons (Fsp3) is 0.429. The van der Waals surface area contributed by atoms with Crippen molar-refractivity contribution in [3.8, 4) is 0 Å². The summed E-state index contributed by atoms with van der Waals surface area (Å²) in [5.74, 6) is 0.